The molecule has 0 aliphatic carbocycles. The van der Waals surface area contributed by atoms with Crippen LogP contribution in [0.5, 0.6) is 23.0 Å². The van der Waals surface area contributed by atoms with Crippen LogP contribution in [0.4, 0.5) is 0 Å². The fourth-order valence-electron chi connectivity index (χ4n) is 2.58. The highest BCUT2D eigenvalue weighted by molar-refractivity contribution is 5.95. The van der Waals surface area contributed by atoms with Gasteiger partial charge in [0.15, 0.2) is 11.5 Å². The smallest absolute Gasteiger partial charge is 0.251 e. The minimum absolute atomic E-state index is 0.239. The van der Waals surface area contributed by atoms with Gasteiger partial charge in [-0.15, -0.1) is 0 Å². The van der Waals surface area contributed by atoms with Crippen molar-refractivity contribution in [2.45, 2.75) is 13.3 Å². The van der Waals surface area contributed by atoms with Gasteiger partial charge in [-0.05, 0) is 30.2 Å². The van der Waals surface area contributed by atoms with Crippen LogP contribution in [0.3, 0.4) is 0 Å². The Morgan fingerprint density at radius 2 is 1.62 bits per heavy atom. The molecule has 0 spiro atoms. The van der Waals surface area contributed by atoms with E-state index < -0.39 is 0 Å². The summed E-state index contributed by atoms with van der Waals surface area (Å²) in [6, 6.07) is 11.1. The second-order valence-electron chi connectivity index (χ2n) is 5.48. The number of carbonyl (C=O) groups is 1. The first-order valence-corrected chi connectivity index (χ1v) is 8.43. The summed E-state index contributed by atoms with van der Waals surface area (Å²) < 4.78 is 21.6. The Labute approximate surface area is 154 Å². The molecule has 0 aliphatic rings. The van der Waals surface area contributed by atoms with Gasteiger partial charge in [-0.2, -0.15) is 0 Å². The number of amides is 1. The van der Waals surface area contributed by atoms with Crippen LogP contribution in [0.25, 0.3) is 0 Å². The number of nitrogens with one attached hydrogen (secondary N) is 1. The summed E-state index contributed by atoms with van der Waals surface area (Å²) in [7, 11) is 4.54. The van der Waals surface area contributed by atoms with E-state index in [9.17, 15) is 4.79 Å². The first-order valence-electron chi connectivity index (χ1n) is 8.43. The van der Waals surface area contributed by atoms with Crippen molar-refractivity contribution in [2.24, 2.45) is 0 Å². The van der Waals surface area contributed by atoms with Crippen LogP contribution in [-0.4, -0.2) is 40.4 Å². The SMILES string of the molecule is CCc1ccccc1OCCNC(=O)c1cc(OC)c(OC)c(OC)c1. The number of benzene rings is 2. The number of aryl methyl sites for hydroxylation is 1. The highest BCUT2D eigenvalue weighted by Gasteiger charge is 2.16. The first kappa shape index (κ1) is 19.4. The number of hydrogen-bond donors (Lipinski definition) is 1. The van der Waals surface area contributed by atoms with Gasteiger partial charge in [0.2, 0.25) is 5.75 Å². The van der Waals surface area contributed by atoms with E-state index in [2.05, 4.69) is 12.2 Å². The summed E-state index contributed by atoms with van der Waals surface area (Å²) in [6.07, 6.45) is 0.897. The molecular formula is C20H25NO5. The third kappa shape index (κ3) is 4.59. The quantitative estimate of drug-likeness (QED) is 0.697. The average molecular weight is 359 g/mol. The Morgan fingerprint density at radius 1 is 0.962 bits per heavy atom. The molecule has 6 heteroatoms. The summed E-state index contributed by atoms with van der Waals surface area (Å²) in [5.41, 5.74) is 1.57. The van der Waals surface area contributed by atoms with Gasteiger partial charge in [-0.1, -0.05) is 25.1 Å². The molecule has 2 aromatic carbocycles. The maximum atomic E-state index is 12.4. The monoisotopic (exact) mass is 359 g/mol. The maximum absolute atomic E-state index is 12.4. The Morgan fingerprint density at radius 3 is 2.19 bits per heavy atom. The van der Waals surface area contributed by atoms with E-state index in [4.69, 9.17) is 18.9 Å². The zero-order valence-electron chi connectivity index (χ0n) is 15.6. The third-order valence-electron chi connectivity index (χ3n) is 3.93. The molecule has 0 saturated heterocycles. The van der Waals surface area contributed by atoms with E-state index in [0.717, 1.165) is 17.7 Å². The molecule has 0 heterocycles. The summed E-state index contributed by atoms with van der Waals surface area (Å²) in [6.45, 7) is 2.84. The lowest BCUT2D eigenvalue weighted by Crippen LogP contribution is -2.28. The van der Waals surface area contributed by atoms with E-state index in [0.29, 0.717) is 36.0 Å². The van der Waals surface area contributed by atoms with Gasteiger partial charge in [-0.25, -0.2) is 0 Å². The molecule has 2 aromatic rings. The van der Waals surface area contributed by atoms with Crippen LogP contribution in [0.1, 0.15) is 22.8 Å². The zero-order chi connectivity index (χ0) is 18.9. The molecule has 6 nitrogen and oxygen atoms in total. The summed E-state index contributed by atoms with van der Waals surface area (Å²) in [4.78, 5) is 12.4. The molecule has 0 bridgehead atoms. The molecule has 0 fully saturated rings. The topological polar surface area (TPSA) is 66.0 Å². The van der Waals surface area contributed by atoms with Crippen molar-refractivity contribution < 1.29 is 23.7 Å². The van der Waals surface area contributed by atoms with Gasteiger partial charge >= 0.3 is 0 Å². The number of para-hydroxylation sites is 1. The first-order chi connectivity index (χ1) is 12.6. The molecule has 1 N–H and O–H groups in total. The Hall–Kier alpha value is -2.89. The van der Waals surface area contributed by atoms with Gasteiger partial charge in [0, 0.05) is 5.56 Å². The summed E-state index contributed by atoms with van der Waals surface area (Å²) >= 11 is 0. The van der Waals surface area contributed by atoms with Crippen molar-refractivity contribution in [2.75, 3.05) is 34.5 Å². The highest BCUT2D eigenvalue weighted by Crippen LogP contribution is 2.38. The fraction of sp³-hybridized carbons (Fsp3) is 0.350. The predicted octanol–water partition coefficient (Wildman–Crippen LogP) is 3.08. The second-order valence-corrected chi connectivity index (χ2v) is 5.48. The van der Waals surface area contributed by atoms with Crippen LogP contribution in [0.15, 0.2) is 36.4 Å². The van der Waals surface area contributed by atoms with Crippen molar-refractivity contribution in [3.05, 3.63) is 47.5 Å². The Kier molecular flexibility index (Phi) is 7.14. The average Bonchev–Trinajstić information content (AvgIpc) is 2.69. The fourth-order valence-corrected chi connectivity index (χ4v) is 2.58. The zero-order valence-corrected chi connectivity index (χ0v) is 15.6. The van der Waals surface area contributed by atoms with Crippen molar-refractivity contribution in [3.8, 4) is 23.0 Å². The molecule has 0 atom stereocenters. The van der Waals surface area contributed by atoms with Gasteiger partial charge in [0.1, 0.15) is 12.4 Å². The van der Waals surface area contributed by atoms with Crippen LogP contribution in [0, 0.1) is 0 Å². The lowest BCUT2D eigenvalue weighted by atomic mass is 10.1. The lowest BCUT2D eigenvalue weighted by molar-refractivity contribution is 0.0946. The molecule has 0 aromatic heterocycles. The highest BCUT2D eigenvalue weighted by atomic mass is 16.5. The van der Waals surface area contributed by atoms with Gasteiger partial charge in [-0.3, -0.25) is 4.79 Å². The van der Waals surface area contributed by atoms with E-state index in [-0.39, 0.29) is 5.91 Å². The van der Waals surface area contributed by atoms with Crippen LogP contribution < -0.4 is 24.3 Å². The van der Waals surface area contributed by atoms with Crippen LogP contribution in [0.2, 0.25) is 0 Å². The third-order valence-corrected chi connectivity index (χ3v) is 3.93. The van der Waals surface area contributed by atoms with E-state index >= 15 is 0 Å². The van der Waals surface area contributed by atoms with Crippen molar-refractivity contribution in [3.63, 3.8) is 0 Å². The standard InChI is InChI=1S/C20H25NO5/c1-5-14-8-6-7-9-16(14)26-11-10-21-20(22)15-12-17(23-2)19(25-4)18(13-15)24-3/h6-9,12-13H,5,10-11H2,1-4H3,(H,21,22). The number of methoxy groups -OCH3 is 3. The lowest BCUT2D eigenvalue weighted by Gasteiger charge is -2.14. The Bertz CT molecular complexity index is 720. The minimum Gasteiger partial charge on any atom is -0.493 e. The maximum Gasteiger partial charge on any atom is 0.251 e. The molecule has 2 rings (SSSR count). The molecule has 0 saturated carbocycles. The van der Waals surface area contributed by atoms with E-state index in [1.165, 1.54) is 21.3 Å². The molecule has 0 aliphatic heterocycles. The summed E-state index contributed by atoms with van der Waals surface area (Å²) in [5, 5.41) is 2.83. The normalized spacial score (nSPS) is 10.2. The van der Waals surface area contributed by atoms with Crippen LogP contribution >= 0.6 is 0 Å². The van der Waals surface area contributed by atoms with Crippen molar-refractivity contribution >= 4 is 5.91 Å². The molecule has 0 unspecified atom stereocenters. The predicted molar refractivity (Wildman–Crippen MR) is 99.7 cm³/mol. The second kappa shape index (κ2) is 9.56. The molecule has 140 valence electrons. The van der Waals surface area contributed by atoms with Crippen LogP contribution in [-0.2, 0) is 6.42 Å². The van der Waals surface area contributed by atoms with Gasteiger partial charge in [0.25, 0.3) is 5.91 Å². The number of ether oxygens (including phenoxy) is 4. The molecule has 1 amide bonds. The minimum atomic E-state index is -0.239. The molecule has 26 heavy (non-hydrogen) atoms. The van der Waals surface area contributed by atoms with Crippen molar-refractivity contribution in [1.82, 2.24) is 5.32 Å². The van der Waals surface area contributed by atoms with E-state index in [1.807, 2.05) is 24.3 Å². The molecule has 0 radical (unpaired) electrons. The molecular weight excluding hydrogens is 334 g/mol. The largest absolute Gasteiger partial charge is 0.493 e. The van der Waals surface area contributed by atoms with Gasteiger partial charge in [0.05, 0.1) is 27.9 Å². The number of carbonyl (C=O) groups excluding carboxylic acids is 1. The number of hydrogen-bond acceptors (Lipinski definition) is 5. The van der Waals surface area contributed by atoms with Gasteiger partial charge < -0.3 is 24.3 Å². The van der Waals surface area contributed by atoms with Crippen molar-refractivity contribution in [1.29, 1.82) is 0 Å². The van der Waals surface area contributed by atoms with E-state index in [1.54, 1.807) is 12.1 Å². The summed E-state index contributed by atoms with van der Waals surface area (Å²) in [5.74, 6) is 1.93. The number of rotatable bonds is 9. The Balaban J connectivity index is 1.97.